The zero-order valence-corrected chi connectivity index (χ0v) is 38.1. The van der Waals surface area contributed by atoms with Gasteiger partial charge < -0.3 is 14.5 Å². The molecule has 0 N–H and O–H groups in total. The van der Waals surface area contributed by atoms with Crippen molar-refractivity contribution in [2.75, 3.05) is 9.80 Å². The number of nitrogens with zero attached hydrogens (tertiary/aromatic N) is 2. The van der Waals surface area contributed by atoms with E-state index in [1.807, 2.05) is 0 Å². The number of ether oxygens (including phenoxy) is 1. The molecule has 1 aliphatic rings. The van der Waals surface area contributed by atoms with Gasteiger partial charge in [-0.05, 0) is 130 Å². The van der Waals surface area contributed by atoms with Crippen LogP contribution in [0.2, 0.25) is 0 Å². The minimum Gasteiger partial charge on any atom is -0.454 e. The molecule has 3 heteroatoms. The predicted octanol–water partition coefficient (Wildman–Crippen LogP) is 18.1. The van der Waals surface area contributed by atoms with Gasteiger partial charge in [0, 0.05) is 39.1 Å². The normalized spacial score (nSPS) is 11.4. The van der Waals surface area contributed by atoms with E-state index in [0.717, 1.165) is 80.4 Å². The van der Waals surface area contributed by atoms with E-state index >= 15 is 0 Å². The van der Waals surface area contributed by atoms with Gasteiger partial charge in [-0.2, -0.15) is 0 Å². The lowest BCUT2D eigenvalue weighted by atomic mass is 9.89. The highest BCUT2D eigenvalue weighted by molar-refractivity contribution is 6.12. The van der Waals surface area contributed by atoms with Gasteiger partial charge in [-0.15, -0.1) is 0 Å². The van der Waals surface area contributed by atoms with Crippen LogP contribution in [-0.4, -0.2) is 0 Å². The first kappa shape index (κ1) is 41.5. The molecule has 0 unspecified atom stereocenters. The van der Waals surface area contributed by atoms with Gasteiger partial charge >= 0.3 is 0 Å². The lowest BCUT2D eigenvalue weighted by Gasteiger charge is -2.32. The SMILES string of the molecule is c1ccc(Cc2ccccc2-c2cc(N(c3ccc(-c4ccccc4)cc3)c3ccc4c5c(cccc35)-c3cccc(N(c5ccccc5)c5ccccc5)c3O4)ccc2Cc2ccccc2)cc1. The van der Waals surface area contributed by atoms with Crippen LogP contribution in [0.1, 0.15) is 22.3 Å². The fourth-order valence-corrected chi connectivity index (χ4v) is 10.1. The number of hydrogen-bond donors (Lipinski definition) is 0. The third-order valence-corrected chi connectivity index (χ3v) is 13.4. The number of benzene rings is 11. The molecule has 69 heavy (non-hydrogen) atoms. The Labute approximate surface area is 404 Å². The van der Waals surface area contributed by atoms with E-state index in [9.17, 15) is 0 Å². The van der Waals surface area contributed by atoms with E-state index in [4.69, 9.17) is 4.74 Å². The quantitative estimate of drug-likeness (QED) is 0.122. The van der Waals surface area contributed by atoms with E-state index in [1.165, 1.54) is 44.5 Å². The summed E-state index contributed by atoms with van der Waals surface area (Å²) < 4.78 is 7.17. The van der Waals surface area contributed by atoms with E-state index in [2.05, 4.69) is 277 Å². The number of hydrogen-bond acceptors (Lipinski definition) is 3. The summed E-state index contributed by atoms with van der Waals surface area (Å²) in [5.41, 5.74) is 18.5. The molecule has 0 saturated heterocycles. The van der Waals surface area contributed by atoms with Crippen molar-refractivity contribution >= 4 is 44.9 Å². The van der Waals surface area contributed by atoms with Crippen molar-refractivity contribution in [1.82, 2.24) is 0 Å². The second kappa shape index (κ2) is 18.4. The molecule has 0 bridgehead atoms. The van der Waals surface area contributed by atoms with Crippen molar-refractivity contribution < 1.29 is 4.74 Å². The van der Waals surface area contributed by atoms with Crippen LogP contribution in [0.4, 0.5) is 34.1 Å². The van der Waals surface area contributed by atoms with Crippen LogP contribution in [0.5, 0.6) is 11.5 Å². The first-order valence-corrected chi connectivity index (χ1v) is 23.8. The average molecular weight is 885 g/mol. The molecule has 328 valence electrons. The first-order chi connectivity index (χ1) is 34.2. The molecule has 0 radical (unpaired) electrons. The van der Waals surface area contributed by atoms with E-state index in [0.29, 0.717) is 0 Å². The first-order valence-electron chi connectivity index (χ1n) is 23.8. The molecule has 0 aliphatic carbocycles. The van der Waals surface area contributed by atoms with Crippen LogP contribution in [0.15, 0.2) is 267 Å². The summed E-state index contributed by atoms with van der Waals surface area (Å²) in [5, 5.41) is 2.20. The molecular formula is C66H48N2O. The Morgan fingerprint density at radius 1 is 0.304 bits per heavy atom. The maximum absolute atomic E-state index is 7.17. The van der Waals surface area contributed by atoms with E-state index in [1.54, 1.807) is 0 Å². The van der Waals surface area contributed by atoms with Gasteiger partial charge in [-0.1, -0.05) is 200 Å². The summed E-state index contributed by atoms with van der Waals surface area (Å²) in [6, 6.07) is 96.0. The Morgan fingerprint density at radius 2 is 0.797 bits per heavy atom. The van der Waals surface area contributed by atoms with Crippen LogP contribution in [0, 0.1) is 0 Å². The van der Waals surface area contributed by atoms with Crippen molar-refractivity contribution in [3.63, 3.8) is 0 Å². The van der Waals surface area contributed by atoms with E-state index in [-0.39, 0.29) is 0 Å². The maximum atomic E-state index is 7.17. The Hall–Kier alpha value is -8.92. The molecule has 3 nitrogen and oxygen atoms in total. The number of fused-ring (bicyclic) bond motifs is 2. The Balaban J connectivity index is 1.04. The average Bonchev–Trinajstić information content (AvgIpc) is 3.42. The number of para-hydroxylation sites is 3. The monoisotopic (exact) mass is 884 g/mol. The van der Waals surface area contributed by atoms with Gasteiger partial charge in [0.05, 0.1) is 11.4 Å². The highest BCUT2D eigenvalue weighted by atomic mass is 16.5. The predicted molar refractivity (Wildman–Crippen MR) is 288 cm³/mol. The number of anilines is 6. The lowest BCUT2D eigenvalue weighted by molar-refractivity contribution is 0.488. The van der Waals surface area contributed by atoms with Gasteiger partial charge in [-0.3, -0.25) is 0 Å². The van der Waals surface area contributed by atoms with Crippen LogP contribution in [0.25, 0.3) is 44.2 Å². The summed E-state index contributed by atoms with van der Waals surface area (Å²) in [5.74, 6) is 1.66. The van der Waals surface area contributed by atoms with Crippen molar-refractivity contribution in [3.8, 4) is 44.9 Å². The van der Waals surface area contributed by atoms with Gasteiger partial charge in [-0.25, -0.2) is 0 Å². The van der Waals surface area contributed by atoms with Crippen LogP contribution < -0.4 is 14.5 Å². The van der Waals surface area contributed by atoms with Crippen LogP contribution >= 0.6 is 0 Å². The van der Waals surface area contributed by atoms with Crippen molar-refractivity contribution in [1.29, 1.82) is 0 Å². The molecule has 1 heterocycles. The zero-order valence-electron chi connectivity index (χ0n) is 38.1. The van der Waals surface area contributed by atoms with Gasteiger partial charge in [0.1, 0.15) is 5.75 Å². The van der Waals surface area contributed by atoms with Gasteiger partial charge in [0.15, 0.2) is 5.75 Å². The molecule has 0 saturated carbocycles. The minimum absolute atomic E-state index is 0.813. The minimum atomic E-state index is 0.813. The molecule has 0 atom stereocenters. The Bertz CT molecular complexity index is 3520. The van der Waals surface area contributed by atoms with E-state index < -0.39 is 0 Å². The third kappa shape index (κ3) is 8.11. The standard InChI is InChI=1S/C66H48N2O/c1-6-20-47(21-7-1)44-51-26-16-17-31-57(51)61-46-56(41-38-52(61)45-48-22-8-2-9-23-48)68(55-39-36-50(37-40-55)49-24-10-3-11-25-49)62-42-43-64-65-58(32-18-34-60(62)65)59-33-19-35-63(66(59)69-64)67(53-27-12-4-13-28-53)54-29-14-5-15-30-54/h1-43,46H,44-45H2. The summed E-state index contributed by atoms with van der Waals surface area (Å²) in [7, 11) is 0. The molecule has 0 aromatic heterocycles. The van der Waals surface area contributed by atoms with Crippen LogP contribution in [-0.2, 0) is 12.8 Å². The highest BCUT2D eigenvalue weighted by Crippen LogP contribution is 2.55. The lowest BCUT2D eigenvalue weighted by Crippen LogP contribution is -2.13. The van der Waals surface area contributed by atoms with Gasteiger partial charge in [0.25, 0.3) is 0 Å². The summed E-state index contributed by atoms with van der Waals surface area (Å²) in [4.78, 5) is 4.72. The Kier molecular flexibility index (Phi) is 11.1. The third-order valence-electron chi connectivity index (χ3n) is 13.4. The zero-order chi connectivity index (χ0) is 45.9. The second-order valence-corrected chi connectivity index (χ2v) is 17.6. The molecule has 0 spiro atoms. The molecule has 12 rings (SSSR count). The molecule has 11 aromatic rings. The molecular weight excluding hydrogens is 837 g/mol. The fraction of sp³-hybridized carbons (Fsp3) is 0.0303. The van der Waals surface area contributed by atoms with Gasteiger partial charge in [0.2, 0.25) is 0 Å². The smallest absolute Gasteiger partial charge is 0.159 e. The summed E-state index contributed by atoms with van der Waals surface area (Å²) >= 11 is 0. The topological polar surface area (TPSA) is 15.7 Å². The second-order valence-electron chi connectivity index (χ2n) is 17.6. The molecule has 11 aromatic carbocycles. The Morgan fingerprint density at radius 3 is 1.46 bits per heavy atom. The highest BCUT2D eigenvalue weighted by Gasteiger charge is 2.28. The fourth-order valence-electron chi connectivity index (χ4n) is 10.1. The molecule has 0 amide bonds. The van der Waals surface area contributed by atoms with Crippen LogP contribution in [0.3, 0.4) is 0 Å². The number of rotatable bonds is 12. The maximum Gasteiger partial charge on any atom is 0.159 e. The van der Waals surface area contributed by atoms with Crippen molar-refractivity contribution in [2.24, 2.45) is 0 Å². The van der Waals surface area contributed by atoms with Crippen molar-refractivity contribution in [3.05, 3.63) is 289 Å². The summed E-state index contributed by atoms with van der Waals surface area (Å²) in [6.45, 7) is 0. The molecule has 0 fully saturated rings. The summed E-state index contributed by atoms with van der Waals surface area (Å²) in [6.07, 6.45) is 1.65. The largest absolute Gasteiger partial charge is 0.454 e. The molecule has 1 aliphatic heterocycles. The van der Waals surface area contributed by atoms with Crippen molar-refractivity contribution in [2.45, 2.75) is 12.8 Å².